The summed E-state index contributed by atoms with van der Waals surface area (Å²) >= 11 is 0. The first-order valence-corrected chi connectivity index (χ1v) is 9.33. The van der Waals surface area contributed by atoms with E-state index in [-0.39, 0.29) is 18.4 Å². The lowest BCUT2D eigenvalue weighted by Gasteiger charge is -2.23. The summed E-state index contributed by atoms with van der Waals surface area (Å²) in [7, 11) is 1.36. The molecule has 1 aromatic carbocycles. The van der Waals surface area contributed by atoms with Crippen molar-refractivity contribution < 1.29 is 14.3 Å². The van der Waals surface area contributed by atoms with E-state index in [0.717, 1.165) is 22.5 Å². The van der Waals surface area contributed by atoms with Gasteiger partial charge in [-0.3, -0.25) is 9.59 Å². The molecule has 1 aromatic heterocycles. The number of primary amides is 1. The van der Waals surface area contributed by atoms with Crippen molar-refractivity contribution in [2.75, 3.05) is 7.11 Å². The lowest BCUT2D eigenvalue weighted by Crippen LogP contribution is -2.18. The van der Waals surface area contributed by atoms with Gasteiger partial charge >= 0.3 is 5.97 Å². The summed E-state index contributed by atoms with van der Waals surface area (Å²) < 4.78 is 6.92. The van der Waals surface area contributed by atoms with Gasteiger partial charge in [0.05, 0.1) is 30.7 Å². The third-order valence-electron chi connectivity index (χ3n) is 5.27. The van der Waals surface area contributed by atoms with Crippen LogP contribution in [0.2, 0.25) is 0 Å². The SMILES string of the molecule is COC(=O)CCc1c(-c2ccc(C#N)cc2)c(C(N)=O)c(C)n1C(C)C(C)C. The van der Waals surface area contributed by atoms with Crippen molar-refractivity contribution in [1.29, 1.82) is 5.26 Å². The Labute approximate surface area is 165 Å². The van der Waals surface area contributed by atoms with Gasteiger partial charge in [-0.2, -0.15) is 5.26 Å². The number of aromatic nitrogens is 1. The summed E-state index contributed by atoms with van der Waals surface area (Å²) in [5, 5.41) is 9.07. The number of benzene rings is 1. The molecule has 1 amide bonds. The van der Waals surface area contributed by atoms with E-state index in [4.69, 9.17) is 15.7 Å². The Morgan fingerprint density at radius 3 is 2.29 bits per heavy atom. The van der Waals surface area contributed by atoms with Crippen LogP contribution < -0.4 is 5.73 Å². The van der Waals surface area contributed by atoms with Gasteiger partial charge in [0.15, 0.2) is 0 Å². The van der Waals surface area contributed by atoms with E-state index in [1.54, 1.807) is 12.1 Å². The number of esters is 1. The molecule has 0 saturated carbocycles. The Morgan fingerprint density at radius 1 is 1.21 bits per heavy atom. The molecule has 2 aromatic rings. The molecule has 0 aliphatic heterocycles. The van der Waals surface area contributed by atoms with Gasteiger partial charge < -0.3 is 15.0 Å². The van der Waals surface area contributed by atoms with Crippen LogP contribution >= 0.6 is 0 Å². The predicted molar refractivity (Wildman–Crippen MR) is 108 cm³/mol. The van der Waals surface area contributed by atoms with Crippen molar-refractivity contribution in [2.45, 2.75) is 46.6 Å². The van der Waals surface area contributed by atoms with Crippen LogP contribution in [0.4, 0.5) is 0 Å². The summed E-state index contributed by atoms with van der Waals surface area (Å²) in [6.45, 7) is 8.19. The van der Waals surface area contributed by atoms with Gasteiger partial charge in [-0.15, -0.1) is 0 Å². The zero-order valence-corrected chi connectivity index (χ0v) is 17.1. The normalized spacial score (nSPS) is 11.9. The van der Waals surface area contributed by atoms with Gasteiger partial charge in [0.2, 0.25) is 0 Å². The van der Waals surface area contributed by atoms with E-state index < -0.39 is 5.91 Å². The molecule has 0 fully saturated rings. The minimum Gasteiger partial charge on any atom is -0.469 e. The molecule has 2 rings (SSSR count). The molecule has 2 N–H and O–H groups in total. The highest BCUT2D eigenvalue weighted by Crippen LogP contribution is 2.37. The van der Waals surface area contributed by atoms with Crippen LogP contribution in [0.15, 0.2) is 24.3 Å². The fourth-order valence-corrected chi connectivity index (χ4v) is 3.51. The van der Waals surface area contributed by atoms with Gasteiger partial charge in [-0.25, -0.2) is 0 Å². The maximum absolute atomic E-state index is 12.4. The number of carbonyl (C=O) groups is 2. The molecule has 148 valence electrons. The van der Waals surface area contributed by atoms with E-state index in [1.807, 2.05) is 19.1 Å². The lowest BCUT2D eigenvalue weighted by atomic mass is 9.97. The zero-order valence-electron chi connectivity index (χ0n) is 17.1. The van der Waals surface area contributed by atoms with E-state index >= 15 is 0 Å². The molecule has 28 heavy (non-hydrogen) atoms. The van der Waals surface area contributed by atoms with E-state index in [2.05, 4.69) is 31.4 Å². The maximum Gasteiger partial charge on any atom is 0.305 e. The number of methoxy groups -OCH3 is 1. The first-order chi connectivity index (χ1) is 13.2. The molecule has 0 radical (unpaired) electrons. The lowest BCUT2D eigenvalue weighted by molar-refractivity contribution is -0.140. The Balaban J connectivity index is 2.77. The van der Waals surface area contributed by atoms with E-state index in [0.29, 0.717) is 23.5 Å². The second-order valence-corrected chi connectivity index (χ2v) is 7.27. The highest BCUT2D eigenvalue weighted by molar-refractivity contribution is 6.02. The van der Waals surface area contributed by atoms with Crippen LogP contribution in [-0.2, 0) is 16.0 Å². The Kier molecular flexibility index (Phi) is 6.63. The summed E-state index contributed by atoms with van der Waals surface area (Å²) in [6, 6.07) is 9.25. The standard InChI is InChI=1S/C22H27N3O3/c1-13(2)14(3)25-15(4)20(22(24)27)21(18(25)10-11-19(26)28-5)17-8-6-16(12-23)7-9-17/h6-9,13-14H,10-11H2,1-5H3,(H2,24,27). The zero-order chi connectivity index (χ0) is 21.0. The molecule has 0 spiro atoms. The molecule has 0 saturated heterocycles. The van der Waals surface area contributed by atoms with Gasteiger partial charge in [0.25, 0.3) is 5.91 Å². The first-order valence-electron chi connectivity index (χ1n) is 9.33. The molecule has 0 bridgehead atoms. The van der Waals surface area contributed by atoms with Crippen molar-refractivity contribution in [3.63, 3.8) is 0 Å². The maximum atomic E-state index is 12.4. The summed E-state index contributed by atoms with van der Waals surface area (Å²) in [6.07, 6.45) is 0.624. The fraction of sp³-hybridized carbons (Fsp3) is 0.409. The number of nitriles is 1. The monoisotopic (exact) mass is 381 g/mol. The second-order valence-electron chi connectivity index (χ2n) is 7.27. The van der Waals surface area contributed by atoms with E-state index in [1.165, 1.54) is 7.11 Å². The largest absolute Gasteiger partial charge is 0.469 e. The predicted octanol–water partition coefficient (Wildman–Crippen LogP) is 3.76. The minimum absolute atomic E-state index is 0.109. The number of nitrogens with zero attached hydrogens (tertiary/aromatic N) is 2. The smallest absolute Gasteiger partial charge is 0.305 e. The van der Waals surface area contributed by atoms with Crippen molar-refractivity contribution in [2.24, 2.45) is 11.7 Å². The van der Waals surface area contributed by atoms with Crippen LogP contribution in [0.25, 0.3) is 11.1 Å². The number of rotatable bonds is 7. The number of hydrogen-bond donors (Lipinski definition) is 1. The quantitative estimate of drug-likeness (QED) is 0.738. The molecular formula is C22H27N3O3. The molecule has 1 unspecified atom stereocenters. The van der Waals surface area contributed by atoms with Crippen molar-refractivity contribution in [1.82, 2.24) is 4.57 Å². The molecule has 6 heteroatoms. The molecule has 1 heterocycles. The number of carbonyl (C=O) groups excluding carboxylic acids is 2. The van der Waals surface area contributed by atoms with Crippen LogP contribution in [-0.4, -0.2) is 23.6 Å². The van der Waals surface area contributed by atoms with Crippen molar-refractivity contribution in [3.8, 4) is 17.2 Å². The molecule has 0 aliphatic carbocycles. The third kappa shape index (κ3) is 4.09. The highest BCUT2D eigenvalue weighted by Gasteiger charge is 2.28. The summed E-state index contributed by atoms with van der Waals surface area (Å²) in [5.74, 6) is -0.502. The molecule has 6 nitrogen and oxygen atoms in total. The Bertz CT molecular complexity index is 918. The topological polar surface area (TPSA) is 98.1 Å². The summed E-state index contributed by atoms with van der Waals surface area (Å²) in [5.41, 5.74) is 9.93. The van der Waals surface area contributed by atoms with Crippen LogP contribution in [0.1, 0.15) is 60.5 Å². The number of ether oxygens (including phenoxy) is 1. The number of nitrogens with two attached hydrogens (primary N) is 1. The van der Waals surface area contributed by atoms with Crippen LogP contribution in [0, 0.1) is 24.2 Å². The Hall–Kier alpha value is -3.07. The van der Waals surface area contributed by atoms with E-state index in [9.17, 15) is 9.59 Å². The molecule has 1 atom stereocenters. The van der Waals surface area contributed by atoms with Gasteiger partial charge in [-0.1, -0.05) is 26.0 Å². The second kappa shape index (κ2) is 8.75. The first kappa shape index (κ1) is 21.2. The summed E-state index contributed by atoms with van der Waals surface area (Å²) in [4.78, 5) is 24.2. The van der Waals surface area contributed by atoms with Gasteiger partial charge in [0.1, 0.15) is 0 Å². The highest BCUT2D eigenvalue weighted by atomic mass is 16.5. The van der Waals surface area contributed by atoms with Gasteiger partial charge in [0, 0.05) is 23.0 Å². The fourth-order valence-electron chi connectivity index (χ4n) is 3.51. The average molecular weight is 381 g/mol. The third-order valence-corrected chi connectivity index (χ3v) is 5.27. The van der Waals surface area contributed by atoms with Crippen LogP contribution in [0.5, 0.6) is 0 Å². The average Bonchev–Trinajstić information content (AvgIpc) is 2.97. The van der Waals surface area contributed by atoms with Crippen molar-refractivity contribution >= 4 is 11.9 Å². The van der Waals surface area contributed by atoms with Gasteiger partial charge in [-0.05, 0) is 43.9 Å². The number of amides is 1. The number of hydrogen-bond acceptors (Lipinski definition) is 4. The Morgan fingerprint density at radius 2 is 1.82 bits per heavy atom. The molecular weight excluding hydrogens is 354 g/mol. The minimum atomic E-state index is -0.508. The van der Waals surface area contributed by atoms with Crippen molar-refractivity contribution in [3.05, 3.63) is 46.8 Å². The van der Waals surface area contributed by atoms with Crippen LogP contribution in [0.3, 0.4) is 0 Å². The molecule has 0 aliphatic rings.